The third-order valence-electron chi connectivity index (χ3n) is 4.03. The van der Waals surface area contributed by atoms with Gasteiger partial charge in [-0.3, -0.25) is 4.68 Å². The van der Waals surface area contributed by atoms with Gasteiger partial charge in [0.1, 0.15) is 11.3 Å². The lowest BCUT2D eigenvalue weighted by Gasteiger charge is -2.18. The fourth-order valence-corrected chi connectivity index (χ4v) is 3.03. The van der Waals surface area contributed by atoms with Crippen LogP contribution in [0.4, 0.5) is 0 Å². The fraction of sp³-hybridized carbons (Fsp3) is 0.733. The molecule has 2 aromatic heterocycles. The largest absolute Gasteiger partial charge is 0.312 e. The number of nitrogens with zero attached hydrogens (tertiary/aromatic N) is 5. The molecule has 0 aromatic carbocycles. The average molecular weight is 312 g/mol. The Labute approximate surface area is 131 Å². The molecular weight excluding hydrogens is 286 g/mol. The second-order valence-electron chi connectivity index (χ2n) is 5.50. The molecule has 2 heterocycles. The molecule has 0 saturated carbocycles. The zero-order chi connectivity index (χ0) is 15.6. The van der Waals surface area contributed by atoms with Crippen molar-refractivity contribution in [2.45, 2.75) is 46.0 Å². The van der Waals surface area contributed by atoms with Gasteiger partial charge in [0, 0.05) is 13.6 Å². The van der Waals surface area contributed by atoms with Gasteiger partial charge < -0.3 is 9.47 Å². The van der Waals surface area contributed by atoms with Crippen LogP contribution >= 0.6 is 11.6 Å². The van der Waals surface area contributed by atoms with Crippen LogP contribution in [0.15, 0.2) is 0 Å². The van der Waals surface area contributed by atoms with Crippen molar-refractivity contribution < 1.29 is 0 Å². The maximum atomic E-state index is 6.31. The van der Waals surface area contributed by atoms with Gasteiger partial charge in [0.05, 0.1) is 11.1 Å². The van der Waals surface area contributed by atoms with Crippen molar-refractivity contribution in [3.63, 3.8) is 0 Å². The monoisotopic (exact) mass is 311 g/mol. The van der Waals surface area contributed by atoms with Crippen molar-refractivity contribution in [1.82, 2.24) is 24.2 Å². The second kappa shape index (κ2) is 6.79. The van der Waals surface area contributed by atoms with Crippen LogP contribution in [0.3, 0.4) is 0 Å². The quantitative estimate of drug-likeness (QED) is 0.738. The van der Waals surface area contributed by atoms with E-state index in [1.54, 1.807) is 0 Å². The molecule has 2 aromatic rings. The van der Waals surface area contributed by atoms with E-state index >= 15 is 0 Å². The number of fused-ring (bicyclic) bond motifs is 1. The Morgan fingerprint density at radius 1 is 1.29 bits per heavy atom. The predicted molar refractivity (Wildman–Crippen MR) is 87.9 cm³/mol. The Morgan fingerprint density at radius 2 is 1.95 bits per heavy atom. The lowest BCUT2D eigenvalue weighted by Crippen LogP contribution is -2.25. The van der Waals surface area contributed by atoms with Crippen molar-refractivity contribution in [2.75, 3.05) is 19.6 Å². The van der Waals surface area contributed by atoms with Crippen LogP contribution < -0.4 is 0 Å². The van der Waals surface area contributed by atoms with Crippen molar-refractivity contribution in [1.29, 1.82) is 0 Å². The number of hydrogen-bond acceptors (Lipinski definition) is 3. The first kappa shape index (κ1) is 16.3. The van der Waals surface area contributed by atoms with E-state index < -0.39 is 0 Å². The second-order valence-corrected chi connectivity index (χ2v) is 6.15. The molecule has 5 nitrogen and oxygen atoms in total. The van der Waals surface area contributed by atoms with Crippen LogP contribution in [0.25, 0.3) is 11.2 Å². The van der Waals surface area contributed by atoms with Gasteiger partial charge in [-0.15, -0.1) is 11.6 Å². The Hall–Kier alpha value is -1.07. The van der Waals surface area contributed by atoms with Crippen LogP contribution in [0.1, 0.15) is 44.1 Å². The molecule has 1 unspecified atom stereocenters. The van der Waals surface area contributed by atoms with Gasteiger partial charge in [-0.1, -0.05) is 13.8 Å². The third kappa shape index (κ3) is 3.24. The molecule has 0 fully saturated rings. The molecule has 0 spiro atoms. The molecule has 118 valence electrons. The Bertz CT molecular complexity index is 595. The Kier molecular flexibility index (Phi) is 5.27. The topological polar surface area (TPSA) is 38.9 Å². The van der Waals surface area contributed by atoms with Crippen molar-refractivity contribution in [2.24, 2.45) is 7.05 Å². The number of halogens is 1. The average Bonchev–Trinajstić information content (AvgIpc) is 2.95. The van der Waals surface area contributed by atoms with E-state index in [0.29, 0.717) is 0 Å². The number of hydrogen-bond donors (Lipinski definition) is 0. The highest BCUT2D eigenvalue weighted by atomic mass is 35.5. The molecule has 0 radical (unpaired) electrons. The van der Waals surface area contributed by atoms with Crippen LogP contribution in [0, 0.1) is 6.92 Å². The lowest BCUT2D eigenvalue weighted by atomic mass is 10.3. The van der Waals surface area contributed by atoms with Gasteiger partial charge in [-0.05, 0) is 39.9 Å². The van der Waals surface area contributed by atoms with Crippen LogP contribution in [0.5, 0.6) is 0 Å². The zero-order valence-corrected chi connectivity index (χ0v) is 14.5. The van der Waals surface area contributed by atoms with E-state index in [1.165, 1.54) is 0 Å². The zero-order valence-electron chi connectivity index (χ0n) is 13.7. The van der Waals surface area contributed by atoms with Crippen molar-refractivity contribution in [3.8, 4) is 0 Å². The molecule has 21 heavy (non-hydrogen) atoms. The molecule has 6 heteroatoms. The van der Waals surface area contributed by atoms with E-state index in [1.807, 2.05) is 25.6 Å². The summed E-state index contributed by atoms with van der Waals surface area (Å²) >= 11 is 6.31. The van der Waals surface area contributed by atoms with Crippen LogP contribution in [-0.4, -0.2) is 43.9 Å². The van der Waals surface area contributed by atoms with Gasteiger partial charge in [-0.2, -0.15) is 5.10 Å². The summed E-state index contributed by atoms with van der Waals surface area (Å²) in [5, 5.41) is 4.37. The predicted octanol–water partition coefficient (Wildman–Crippen LogP) is 3.11. The minimum Gasteiger partial charge on any atom is -0.312 e. The Morgan fingerprint density at radius 3 is 2.52 bits per heavy atom. The summed E-state index contributed by atoms with van der Waals surface area (Å²) in [4.78, 5) is 7.14. The molecule has 0 amide bonds. The van der Waals surface area contributed by atoms with Gasteiger partial charge >= 0.3 is 0 Å². The summed E-state index contributed by atoms with van der Waals surface area (Å²) in [5.41, 5.74) is 3.02. The normalized spacial score (nSPS) is 13.5. The molecule has 0 saturated heterocycles. The lowest BCUT2D eigenvalue weighted by molar-refractivity contribution is 0.293. The maximum absolute atomic E-state index is 6.31. The Balaban J connectivity index is 2.26. The standard InChI is InChI=1S/C15H26ClN5/c1-6-20(7-2)9-8-10-21-14(11(3)16)17-13-12(4)18-19(5)15(13)21/h11H,6-10H2,1-5H3. The first-order chi connectivity index (χ1) is 9.99. The van der Waals surface area contributed by atoms with Gasteiger partial charge in [-0.25, -0.2) is 4.98 Å². The van der Waals surface area contributed by atoms with Gasteiger partial charge in [0.15, 0.2) is 5.65 Å². The van der Waals surface area contributed by atoms with E-state index in [-0.39, 0.29) is 5.38 Å². The highest BCUT2D eigenvalue weighted by Gasteiger charge is 2.19. The smallest absolute Gasteiger partial charge is 0.158 e. The summed E-state index contributed by atoms with van der Waals surface area (Å²) in [6.45, 7) is 12.6. The first-order valence-electron chi connectivity index (χ1n) is 7.75. The summed E-state index contributed by atoms with van der Waals surface area (Å²) in [6, 6.07) is 0. The molecular formula is C15H26ClN5. The van der Waals surface area contributed by atoms with Gasteiger partial charge in [0.25, 0.3) is 0 Å². The third-order valence-corrected chi connectivity index (χ3v) is 4.22. The van der Waals surface area contributed by atoms with E-state index in [2.05, 4.69) is 28.4 Å². The maximum Gasteiger partial charge on any atom is 0.158 e. The number of alkyl halides is 1. The first-order valence-corrected chi connectivity index (χ1v) is 8.19. The highest BCUT2D eigenvalue weighted by molar-refractivity contribution is 6.20. The number of aromatic nitrogens is 4. The molecule has 0 bridgehead atoms. The minimum atomic E-state index is -0.0924. The van der Waals surface area contributed by atoms with E-state index in [0.717, 1.165) is 55.3 Å². The number of imidazole rings is 1. The van der Waals surface area contributed by atoms with Crippen molar-refractivity contribution >= 4 is 22.8 Å². The highest BCUT2D eigenvalue weighted by Crippen LogP contribution is 2.26. The van der Waals surface area contributed by atoms with Gasteiger partial charge in [0.2, 0.25) is 0 Å². The van der Waals surface area contributed by atoms with Crippen molar-refractivity contribution in [3.05, 3.63) is 11.5 Å². The van der Waals surface area contributed by atoms with E-state index in [4.69, 9.17) is 16.6 Å². The summed E-state index contributed by atoms with van der Waals surface area (Å²) in [5.74, 6) is 0.947. The summed E-state index contributed by atoms with van der Waals surface area (Å²) in [7, 11) is 1.97. The molecule has 2 rings (SSSR count). The number of aryl methyl sites for hydroxylation is 3. The van der Waals surface area contributed by atoms with E-state index in [9.17, 15) is 0 Å². The SMILES string of the molecule is CCN(CC)CCCn1c(C(C)Cl)nc2c(C)nn(C)c21. The fourth-order valence-electron chi connectivity index (χ4n) is 2.87. The molecule has 0 aliphatic rings. The molecule has 0 N–H and O–H groups in total. The summed E-state index contributed by atoms with van der Waals surface area (Å²) in [6.07, 6.45) is 1.09. The molecule has 0 aliphatic heterocycles. The van der Waals surface area contributed by atoms with Crippen LogP contribution in [-0.2, 0) is 13.6 Å². The number of rotatable bonds is 7. The molecule has 1 atom stereocenters. The van der Waals surface area contributed by atoms with Crippen LogP contribution in [0.2, 0.25) is 0 Å². The minimum absolute atomic E-state index is 0.0924. The summed E-state index contributed by atoms with van der Waals surface area (Å²) < 4.78 is 4.15. The molecule has 0 aliphatic carbocycles.